The Morgan fingerprint density at radius 2 is 1.95 bits per heavy atom. The zero-order valence-electron chi connectivity index (χ0n) is 12.5. The van der Waals surface area contributed by atoms with E-state index in [2.05, 4.69) is 25.9 Å². The number of carbonyl (C=O) groups is 1. The average Bonchev–Trinajstić information content (AvgIpc) is 2.86. The van der Waals surface area contributed by atoms with Crippen LogP contribution in [0.2, 0.25) is 0 Å². The van der Waals surface area contributed by atoms with Crippen molar-refractivity contribution in [3.05, 3.63) is 35.5 Å². The third-order valence-electron chi connectivity index (χ3n) is 3.16. The standard InChI is InChI=1S/C16H19NO3/c1-10(18)13-9-15(20-17-13)11-6-7-14(19-5)12(8-11)16(2,3)4/h6-9H,1-5H3. The lowest BCUT2D eigenvalue weighted by atomic mass is 9.85. The molecule has 0 aliphatic carbocycles. The van der Waals surface area contributed by atoms with E-state index in [9.17, 15) is 4.79 Å². The van der Waals surface area contributed by atoms with Crippen LogP contribution < -0.4 is 4.74 Å². The average molecular weight is 273 g/mol. The Hall–Kier alpha value is -2.10. The lowest BCUT2D eigenvalue weighted by Gasteiger charge is -2.22. The normalized spacial score (nSPS) is 11.4. The quantitative estimate of drug-likeness (QED) is 0.797. The molecular formula is C16H19NO3. The molecule has 0 saturated heterocycles. The molecule has 0 N–H and O–H groups in total. The summed E-state index contributed by atoms with van der Waals surface area (Å²) in [6.45, 7) is 7.83. The summed E-state index contributed by atoms with van der Waals surface area (Å²) in [5, 5.41) is 3.77. The van der Waals surface area contributed by atoms with Crippen LogP contribution >= 0.6 is 0 Å². The molecule has 1 heterocycles. The molecule has 2 rings (SSSR count). The highest BCUT2D eigenvalue weighted by molar-refractivity contribution is 5.92. The number of carbonyl (C=O) groups excluding carboxylic acids is 1. The fourth-order valence-corrected chi connectivity index (χ4v) is 2.02. The summed E-state index contributed by atoms with van der Waals surface area (Å²) < 4.78 is 10.6. The van der Waals surface area contributed by atoms with E-state index >= 15 is 0 Å². The topological polar surface area (TPSA) is 52.3 Å². The predicted octanol–water partition coefficient (Wildman–Crippen LogP) is 3.85. The molecule has 2 aromatic rings. The number of Topliss-reactive ketones (excluding diaryl/α,β-unsaturated/α-hetero) is 1. The van der Waals surface area contributed by atoms with Gasteiger partial charge in [-0.3, -0.25) is 4.79 Å². The van der Waals surface area contributed by atoms with Crippen molar-refractivity contribution in [2.45, 2.75) is 33.1 Å². The highest BCUT2D eigenvalue weighted by atomic mass is 16.5. The van der Waals surface area contributed by atoms with Crippen LogP contribution in [0.4, 0.5) is 0 Å². The van der Waals surface area contributed by atoms with Gasteiger partial charge in [0.2, 0.25) is 0 Å². The van der Waals surface area contributed by atoms with Crippen LogP contribution in [-0.2, 0) is 5.41 Å². The van der Waals surface area contributed by atoms with Crippen molar-refractivity contribution in [1.82, 2.24) is 5.16 Å². The summed E-state index contributed by atoms with van der Waals surface area (Å²) >= 11 is 0. The number of nitrogens with zero attached hydrogens (tertiary/aromatic N) is 1. The summed E-state index contributed by atoms with van der Waals surface area (Å²) in [7, 11) is 1.66. The molecule has 0 aliphatic rings. The minimum Gasteiger partial charge on any atom is -0.496 e. The van der Waals surface area contributed by atoms with Crippen LogP contribution in [0.5, 0.6) is 5.75 Å². The molecule has 0 bridgehead atoms. The number of hydrogen-bond acceptors (Lipinski definition) is 4. The number of rotatable bonds is 3. The first-order valence-corrected chi connectivity index (χ1v) is 6.49. The van der Waals surface area contributed by atoms with E-state index in [1.54, 1.807) is 13.2 Å². The number of hydrogen-bond donors (Lipinski definition) is 0. The Labute approximate surface area is 118 Å². The number of ether oxygens (including phenoxy) is 1. The van der Waals surface area contributed by atoms with Crippen molar-refractivity contribution >= 4 is 5.78 Å². The van der Waals surface area contributed by atoms with Gasteiger partial charge in [0.05, 0.1) is 7.11 Å². The first-order valence-electron chi connectivity index (χ1n) is 6.49. The second-order valence-corrected chi connectivity index (χ2v) is 5.80. The van der Waals surface area contributed by atoms with Gasteiger partial charge in [0, 0.05) is 24.1 Å². The molecule has 0 aliphatic heterocycles. The van der Waals surface area contributed by atoms with Gasteiger partial charge in [0.25, 0.3) is 0 Å². The van der Waals surface area contributed by atoms with Crippen molar-refractivity contribution in [1.29, 1.82) is 0 Å². The highest BCUT2D eigenvalue weighted by Gasteiger charge is 2.20. The summed E-state index contributed by atoms with van der Waals surface area (Å²) in [5.74, 6) is 1.32. The van der Waals surface area contributed by atoms with E-state index in [1.807, 2.05) is 18.2 Å². The van der Waals surface area contributed by atoms with E-state index in [-0.39, 0.29) is 11.2 Å². The zero-order chi connectivity index (χ0) is 14.9. The lowest BCUT2D eigenvalue weighted by Crippen LogP contribution is -2.12. The van der Waals surface area contributed by atoms with Crippen LogP contribution in [0.25, 0.3) is 11.3 Å². The predicted molar refractivity (Wildman–Crippen MR) is 77.2 cm³/mol. The van der Waals surface area contributed by atoms with Gasteiger partial charge in [-0.15, -0.1) is 0 Å². The molecule has 4 heteroatoms. The van der Waals surface area contributed by atoms with Crippen molar-refractivity contribution in [3.8, 4) is 17.1 Å². The fourth-order valence-electron chi connectivity index (χ4n) is 2.02. The second kappa shape index (κ2) is 5.12. The van der Waals surface area contributed by atoms with Crippen LogP contribution in [0.15, 0.2) is 28.8 Å². The lowest BCUT2D eigenvalue weighted by molar-refractivity contribution is 0.100. The Balaban J connectivity index is 2.50. The van der Waals surface area contributed by atoms with Crippen molar-refractivity contribution in [2.24, 2.45) is 0 Å². The SMILES string of the molecule is COc1ccc(-c2cc(C(C)=O)no2)cc1C(C)(C)C. The van der Waals surface area contributed by atoms with Crippen molar-refractivity contribution in [2.75, 3.05) is 7.11 Å². The minimum absolute atomic E-state index is 0.0508. The number of benzene rings is 1. The number of aromatic nitrogens is 1. The number of ketones is 1. The summed E-state index contributed by atoms with van der Waals surface area (Å²) in [6, 6.07) is 7.49. The summed E-state index contributed by atoms with van der Waals surface area (Å²) in [5.41, 5.74) is 2.26. The Bertz CT molecular complexity index is 635. The van der Waals surface area contributed by atoms with Gasteiger partial charge in [-0.25, -0.2) is 0 Å². The smallest absolute Gasteiger partial charge is 0.181 e. The maximum atomic E-state index is 11.3. The van der Waals surface area contributed by atoms with E-state index in [0.717, 1.165) is 16.9 Å². The van der Waals surface area contributed by atoms with Gasteiger partial charge in [-0.2, -0.15) is 0 Å². The third kappa shape index (κ3) is 2.74. The summed E-state index contributed by atoms with van der Waals surface area (Å²) in [6.07, 6.45) is 0. The molecule has 20 heavy (non-hydrogen) atoms. The van der Waals surface area contributed by atoms with Gasteiger partial charge >= 0.3 is 0 Å². The molecule has 0 spiro atoms. The van der Waals surface area contributed by atoms with Gasteiger partial charge in [0.15, 0.2) is 11.5 Å². The molecule has 106 valence electrons. The molecule has 0 unspecified atom stereocenters. The Morgan fingerprint density at radius 3 is 2.45 bits per heavy atom. The van der Waals surface area contributed by atoms with E-state index in [0.29, 0.717) is 11.5 Å². The molecule has 1 aromatic heterocycles. The van der Waals surface area contributed by atoms with Crippen molar-refractivity contribution < 1.29 is 14.1 Å². The molecule has 1 aromatic carbocycles. The van der Waals surface area contributed by atoms with Crippen LogP contribution in [0.1, 0.15) is 43.7 Å². The van der Waals surface area contributed by atoms with E-state index in [1.165, 1.54) is 6.92 Å². The molecule has 0 atom stereocenters. The van der Waals surface area contributed by atoms with Gasteiger partial charge in [0.1, 0.15) is 11.4 Å². The fraction of sp³-hybridized carbons (Fsp3) is 0.375. The third-order valence-corrected chi connectivity index (χ3v) is 3.16. The zero-order valence-corrected chi connectivity index (χ0v) is 12.5. The minimum atomic E-state index is -0.107. The molecular weight excluding hydrogens is 254 g/mol. The maximum absolute atomic E-state index is 11.3. The Morgan fingerprint density at radius 1 is 1.25 bits per heavy atom. The van der Waals surface area contributed by atoms with Crippen molar-refractivity contribution in [3.63, 3.8) is 0 Å². The van der Waals surface area contributed by atoms with Crippen LogP contribution in [0.3, 0.4) is 0 Å². The van der Waals surface area contributed by atoms with Crippen LogP contribution in [0, 0.1) is 0 Å². The van der Waals surface area contributed by atoms with E-state index in [4.69, 9.17) is 9.26 Å². The van der Waals surface area contributed by atoms with Gasteiger partial charge < -0.3 is 9.26 Å². The number of methoxy groups -OCH3 is 1. The first kappa shape index (κ1) is 14.3. The maximum Gasteiger partial charge on any atom is 0.181 e. The molecule has 4 nitrogen and oxygen atoms in total. The van der Waals surface area contributed by atoms with E-state index < -0.39 is 0 Å². The summed E-state index contributed by atoms with van der Waals surface area (Å²) in [4.78, 5) is 11.3. The second-order valence-electron chi connectivity index (χ2n) is 5.80. The molecule has 0 saturated carbocycles. The molecule has 0 amide bonds. The highest BCUT2D eigenvalue weighted by Crippen LogP contribution is 2.35. The van der Waals surface area contributed by atoms with Gasteiger partial charge in [-0.05, 0) is 23.6 Å². The Kier molecular flexibility index (Phi) is 3.66. The molecule has 0 radical (unpaired) electrons. The first-order chi connectivity index (χ1) is 9.32. The largest absolute Gasteiger partial charge is 0.496 e. The van der Waals surface area contributed by atoms with Gasteiger partial charge in [-0.1, -0.05) is 25.9 Å². The van der Waals surface area contributed by atoms with Crippen LogP contribution in [-0.4, -0.2) is 18.0 Å². The monoisotopic (exact) mass is 273 g/mol. The molecule has 0 fully saturated rings.